The van der Waals surface area contributed by atoms with Crippen molar-refractivity contribution < 1.29 is 24.6 Å². The van der Waals surface area contributed by atoms with Crippen molar-refractivity contribution in [3.63, 3.8) is 0 Å². The molecular weight excluding hydrogens is 358 g/mol. The highest BCUT2D eigenvalue weighted by atomic mass is 16.4. The van der Waals surface area contributed by atoms with E-state index in [-0.39, 0.29) is 5.91 Å². The van der Waals surface area contributed by atoms with Crippen LogP contribution in [0.5, 0.6) is 0 Å². The first-order valence-corrected chi connectivity index (χ1v) is 10.0. The first-order valence-electron chi connectivity index (χ1n) is 10.0. The van der Waals surface area contributed by atoms with E-state index in [2.05, 4.69) is 12.2 Å². The molecule has 0 radical (unpaired) electrons. The van der Waals surface area contributed by atoms with Gasteiger partial charge in [-0.1, -0.05) is 70.4 Å². The Hall–Kier alpha value is -2.63. The molecule has 0 spiro atoms. The highest BCUT2D eigenvalue weighted by Crippen LogP contribution is 2.15. The van der Waals surface area contributed by atoms with Crippen molar-refractivity contribution in [1.29, 1.82) is 0 Å². The number of benzene rings is 1. The molecule has 1 rings (SSSR count). The first kappa shape index (κ1) is 23.4. The second-order valence-corrected chi connectivity index (χ2v) is 6.92. The van der Waals surface area contributed by atoms with Crippen LogP contribution in [-0.2, 0) is 14.4 Å². The maximum absolute atomic E-state index is 12.0. The number of aliphatic carboxylic acids is 2. The van der Waals surface area contributed by atoms with Crippen LogP contribution in [0.15, 0.2) is 29.8 Å². The van der Waals surface area contributed by atoms with Gasteiger partial charge in [0.2, 0.25) is 5.91 Å². The average molecular weight is 389 g/mol. The number of rotatable bonds is 14. The third-order valence-corrected chi connectivity index (χ3v) is 4.47. The number of carboxylic acid groups (broad SMARTS) is 2. The molecule has 28 heavy (non-hydrogen) atoms. The van der Waals surface area contributed by atoms with Gasteiger partial charge in [0.25, 0.3) is 0 Å². The van der Waals surface area contributed by atoms with Crippen molar-refractivity contribution in [2.24, 2.45) is 0 Å². The molecule has 6 nitrogen and oxygen atoms in total. The smallest absolute Gasteiger partial charge is 0.343 e. The van der Waals surface area contributed by atoms with E-state index in [1.54, 1.807) is 24.3 Å². The first-order chi connectivity index (χ1) is 13.4. The van der Waals surface area contributed by atoms with Crippen LogP contribution in [0.2, 0.25) is 0 Å². The van der Waals surface area contributed by atoms with E-state index in [1.807, 2.05) is 0 Å². The molecule has 0 aliphatic carbocycles. The quantitative estimate of drug-likeness (QED) is 0.178. The van der Waals surface area contributed by atoms with Gasteiger partial charge in [0.05, 0.1) is 0 Å². The molecule has 1 aromatic rings. The number of amides is 1. The zero-order chi connectivity index (χ0) is 20.8. The zero-order valence-corrected chi connectivity index (χ0v) is 16.6. The van der Waals surface area contributed by atoms with Gasteiger partial charge >= 0.3 is 11.9 Å². The predicted molar refractivity (Wildman–Crippen MR) is 110 cm³/mol. The van der Waals surface area contributed by atoms with E-state index in [9.17, 15) is 14.4 Å². The van der Waals surface area contributed by atoms with E-state index in [0.29, 0.717) is 17.7 Å². The van der Waals surface area contributed by atoms with E-state index < -0.39 is 17.5 Å². The minimum absolute atomic E-state index is 0.0528. The molecule has 0 bridgehead atoms. The molecular formula is C22H31NO5. The SMILES string of the molecule is CCCCCCCCCCCC(=O)Nc1ccc(C=C(C(=O)O)C(=O)O)cc1. The topological polar surface area (TPSA) is 104 Å². The largest absolute Gasteiger partial charge is 0.477 e. The summed E-state index contributed by atoms with van der Waals surface area (Å²) in [7, 11) is 0. The standard InChI is InChI=1S/C22H31NO5/c1-2-3-4-5-6-7-8-9-10-11-20(24)23-18-14-12-17(13-15-18)16-19(21(25)26)22(27)28/h12-16H,2-11H2,1H3,(H,23,24)(H,25,26)(H,27,28). The van der Waals surface area contributed by atoms with Crippen LogP contribution in [0, 0.1) is 0 Å². The molecule has 1 amide bonds. The maximum atomic E-state index is 12.0. The zero-order valence-electron chi connectivity index (χ0n) is 16.6. The fourth-order valence-corrected chi connectivity index (χ4v) is 2.86. The van der Waals surface area contributed by atoms with E-state index in [4.69, 9.17) is 10.2 Å². The summed E-state index contributed by atoms with van der Waals surface area (Å²) >= 11 is 0. The van der Waals surface area contributed by atoms with Crippen molar-refractivity contribution in [3.05, 3.63) is 35.4 Å². The van der Waals surface area contributed by atoms with E-state index >= 15 is 0 Å². The summed E-state index contributed by atoms with van der Waals surface area (Å²) in [6.07, 6.45) is 12.3. The van der Waals surface area contributed by atoms with Crippen molar-refractivity contribution in [3.8, 4) is 0 Å². The molecule has 0 aromatic heterocycles. The molecule has 1 aromatic carbocycles. The molecule has 0 atom stereocenters. The number of hydrogen-bond donors (Lipinski definition) is 3. The van der Waals surface area contributed by atoms with Crippen molar-refractivity contribution in [1.82, 2.24) is 0 Å². The van der Waals surface area contributed by atoms with Gasteiger partial charge in [-0.15, -0.1) is 0 Å². The molecule has 3 N–H and O–H groups in total. The highest BCUT2D eigenvalue weighted by molar-refractivity contribution is 6.16. The summed E-state index contributed by atoms with van der Waals surface area (Å²) in [6.45, 7) is 2.21. The van der Waals surface area contributed by atoms with Crippen molar-refractivity contribution >= 4 is 29.6 Å². The van der Waals surface area contributed by atoms with Crippen LogP contribution >= 0.6 is 0 Å². The number of carbonyl (C=O) groups excluding carboxylic acids is 1. The third-order valence-electron chi connectivity index (χ3n) is 4.47. The fraction of sp³-hybridized carbons (Fsp3) is 0.500. The van der Waals surface area contributed by atoms with Crippen LogP contribution in [0.1, 0.15) is 76.7 Å². The number of hydrogen-bond acceptors (Lipinski definition) is 3. The Labute approximate surface area is 166 Å². The van der Waals surface area contributed by atoms with Gasteiger partial charge in [0, 0.05) is 12.1 Å². The third kappa shape index (κ3) is 9.90. The van der Waals surface area contributed by atoms with Crippen LogP contribution < -0.4 is 5.32 Å². The number of carboxylic acids is 2. The Kier molecular flexibility index (Phi) is 11.3. The molecule has 0 unspecified atom stereocenters. The predicted octanol–water partition coefficient (Wildman–Crippen LogP) is 5.10. The monoisotopic (exact) mass is 389 g/mol. The van der Waals surface area contributed by atoms with Crippen molar-refractivity contribution in [2.75, 3.05) is 5.32 Å². The summed E-state index contributed by atoms with van der Waals surface area (Å²) in [4.78, 5) is 33.7. The normalized spacial score (nSPS) is 10.3. The lowest BCUT2D eigenvalue weighted by Gasteiger charge is -2.06. The van der Waals surface area contributed by atoms with Crippen LogP contribution in [0.3, 0.4) is 0 Å². The van der Waals surface area contributed by atoms with Crippen molar-refractivity contribution in [2.45, 2.75) is 71.1 Å². The van der Waals surface area contributed by atoms with Crippen LogP contribution in [0.4, 0.5) is 5.69 Å². The second-order valence-electron chi connectivity index (χ2n) is 6.92. The molecule has 154 valence electrons. The molecule has 0 aliphatic rings. The Morgan fingerprint density at radius 3 is 1.82 bits per heavy atom. The lowest BCUT2D eigenvalue weighted by Crippen LogP contribution is -2.11. The van der Waals surface area contributed by atoms with Gasteiger partial charge in [-0.25, -0.2) is 9.59 Å². The molecule has 0 saturated heterocycles. The van der Waals surface area contributed by atoms with Gasteiger partial charge in [0.15, 0.2) is 0 Å². The van der Waals surface area contributed by atoms with Crippen LogP contribution in [0.25, 0.3) is 6.08 Å². The minimum atomic E-state index is -1.49. The Bertz CT molecular complexity index is 648. The lowest BCUT2D eigenvalue weighted by atomic mass is 10.1. The molecule has 0 fully saturated rings. The summed E-state index contributed by atoms with van der Waals surface area (Å²) in [6, 6.07) is 6.39. The highest BCUT2D eigenvalue weighted by Gasteiger charge is 2.15. The average Bonchev–Trinajstić information content (AvgIpc) is 2.65. The Morgan fingerprint density at radius 2 is 1.32 bits per heavy atom. The fourth-order valence-electron chi connectivity index (χ4n) is 2.86. The summed E-state index contributed by atoms with van der Waals surface area (Å²) < 4.78 is 0. The number of carbonyl (C=O) groups is 3. The molecule has 0 heterocycles. The van der Waals surface area contributed by atoms with Gasteiger partial charge in [-0.05, 0) is 30.2 Å². The molecule has 6 heteroatoms. The van der Waals surface area contributed by atoms with Gasteiger partial charge < -0.3 is 15.5 Å². The summed E-state index contributed by atoms with van der Waals surface area (Å²) in [5, 5.41) is 20.5. The second kappa shape index (κ2) is 13.5. The molecule has 0 aliphatic heterocycles. The number of nitrogens with one attached hydrogen (secondary N) is 1. The number of unbranched alkanes of at least 4 members (excludes halogenated alkanes) is 8. The van der Waals surface area contributed by atoms with Gasteiger partial charge in [-0.3, -0.25) is 4.79 Å². The Balaban J connectivity index is 2.30. The minimum Gasteiger partial charge on any atom is -0.477 e. The summed E-state index contributed by atoms with van der Waals surface area (Å²) in [5.74, 6) is -3.04. The van der Waals surface area contributed by atoms with E-state index in [0.717, 1.165) is 25.3 Å². The van der Waals surface area contributed by atoms with Crippen LogP contribution in [-0.4, -0.2) is 28.1 Å². The molecule has 0 saturated carbocycles. The number of anilines is 1. The Morgan fingerprint density at radius 1 is 0.821 bits per heavy atom. The lowest BCUT2D eigenvalue weighted by molar-refractivity contribution is -0.140. The summed E-state index contributed by atoms with van der Waals surface area (Å²) in [5.41, 5.74) is 0.337. The van der Waals surface area contributed by atoms with E-state index in [1.165, 1.54) is 38.5 Å². The van der Waals surface area contributed by atoms with Gasteiger partial charge in [-0.2, -0.15) is 0 Å². The van der Waals surface area contributed by atoms with Gasteiger partial charge in [0.1, 0.15) is 5.57 Å². The maximum Gasteiger partial charge on any atom is 0.343 e.